The van der Waals surface area contributed by atoms with Gasteiger partial charge in [0.25, 0.3) is 0 Å². The molecule has 1 aromatic heterocycles. The molecule has 1 aliphatic heterocycles. The van der Waals surface area contributed by atoms with Gasteiger partial charge in [0.1, 0.15) is 6.33 Å². The zero-order chi connectivity index (χ0) is 17.8. The topological polar surface area (TPSA) is 69.6 Å². The Balaban J connectivity index is 1.60. The van der Waals surface area contributed by atoms with Crippen LogP contribution in [-0.4, -0.2) is 56.0 Å². The number of nitrogens with zero attached hydrogens (tertiary/aromatic N) is 4. The molecule has 1 aliphatic rings. The number of aromatic nitrogens is 2. The molecular formula is C19H24N4O2. The van der Waals surface area contributed by atoms with Crippen LogP contribution in [-0.2, 0) is 13.1 Å². The molecule has 0 radical (unpaired) electrons. The first-order valence-corrected chi connectivity index (χ1v) is 8.57. The van der Waals surface area contributed by atoms with Crippen LogP contribution in [0.1, 0.15) is 35.3 Å². The maximum atomic E-state index is 10.9. The average Bonchev–Trinajstić information content (AvgIpc) is 2.59. The third-order valence-electron chi connectivity index (χ3n) is 4.76. The van der Waals surface area contributed by atoms with Crippen LogP contribution < -0.4 is 0 Å². The Hall–Kier alpha value is -2.31. The fourth-order valence-corrected chi connectivity index (χ4v) is 3.54. The van der Waals surface area contributed by atoms with E-state index in [2.05, 4.69) is 33.6 Å². The number of carboxylic acids is 1. The Morgan fingerprint density at radius 1 is 1.04 bits per heavy atom. The lowest BCUT2D eigenvalue weighted by Crippen LogP contribution is -2.55. The maximum Gasteiger partial charge on any atom is 0.335 e. The summed E-state index contributed by atoms with van der Waals surface area (Å²) < 4.78 is 0. The zero-order valence-electron chi connectivity index (χ0n) is 14.7. The smallest absolute Gasteiger partial charge is 0.335 e. The predicted molar refractivity (Wildman–Crippen MR) is 95.2 cm³/mol. The van der Waals surface area contributed by atoms with Crippen molar-refractivity contribution in [2.24, 2.45) is 0 Å². The molecule has 2 atom stereocenters. The Kier molecular flexibility index (Phi) is 5.40. The monoisotopic (exact) mass is 340 g/mol. The fourth-order valence-electron chi connectivity index (χ4n) is 3.54. The van der Waals surface area contributed by atoms with Crippen LogP contribution in [0.5, 0.6) is 0 Å². The zero-order valence-corrected chi connectivity index (χ0v) is 14.7. The molecule has 1 fully saturated rings. The van der Waals surface area contributed by atoms with Crippen molar-refractivity contribution in [3.63, 3.8) is 0 Å². The summed E-state index contributed by atoms with van der Waals surface area (Å²) in [6.45, 7) is 8.18. The summed E-state index contributed by atoms with van der Waals surface area (Å²) in [6, 6.07) is 8.04. The van der Waals surface area contributed by atoms with E-state index in [-0.39, 0.29) is 0 Å². The number of hydrogen-bond donors (Lipinski definition) is 1. The van der Waals surface area contributed by atoms with E-state index in [0.29, 0.717) is 17.6 Å². The molecule has 0 amide bonds. The van der Waals surface area contributed by atoms with E-state index < -0.39 is 5.97 Å². The van der Waals surface area contributed by atoms with E-state index in [1.165, 1.54) is 0 Å². The molecule has 6 heteroatoms. The molecule has 0 unspecified atom stereocenters. The molecule has 1 aromatic carbocycles. The molecule has 1 N–H and O–H groups in total. The number of rotatable bonds is 5. The highest BCUT2D eigenvalue weighted by molar-refractivity contribution is 5.87. The predicted octanol–water partition coefficient (Wildman–Crippen LogP) is 2.27. The standard InChI is InChI=1S/C19H24N4O2/c1-14-9-22(11-16-3-5-18(6-4-16)19(24)25)10-15(2)23(14)12-17-7-20-13-21-8-17/h3-8,13-15H,9-12H2,1-2H3,(H,24,25)/t14-,15+. The van der Waals surface area contributed by atoms with Gasteiger partial charge >= 0.3 is 5.97 Å². The van der Waals surface area contributed by atoms with Gasteiger partial charge in [0.05, 0.1) is 5.56 Å². The summed E-state index contributed by atoms with van der Waals surface area (Å²) in [4.78, 5) is 24.1. The molecule has 0 aliphatic carbocycles. The van der Waals surface area contributed by atoms with E-state index in [1.54, 1.807) is 18.5 Å². The SMILES string of the molecule is C[C@@H]1CN(Cc2ccc(C(=O)O)cc2)C[C@H](C)N1Cc1cncnc1. The molecule has 2 heterocycles. The fraction of sp³-hybridized carbons (Fsp3) is 0.421. The molecule has 0 bridgehead atoms. The lowest BCUT2D eigenvalue weighted by atomic mass is 10.1. The van der Waals surface area contributed by atoms with Crippen LogP contribution in [0.25, 0.3) is 0 Å². The van der Waals surface area contributed by atoms with Gasteiger partial charge in [-0.3, -0.25) is 9.80 Å². The van der Waals surface area contributed by atoms with Gasteiger partial charge in [-0.1, -0.05) is 12.1 Å². The van der Waals surface area contributed by atoms with Crippen LogP contribution >= 0.6 is 0 Å². The molecular weight excluding hydrogens is 316 g/mol. The maximum absolute atomic E-state index is 10.9. The summed E-state index contributed by atoms with van der Waals surface area (Å²) in [7, 11) is 0. The van der Waals surface area contributed by atoms with E-state index in [9.17, 15) is 4.79 Å². The van der Waals surface area contributed by atoms with Gasteiger partial charge in [-0.2, -0.15) is 0 Å². The quantitative estimate of drug-likeness (QED) is 0.900. The Labute approximate surface area is 148 Å². The Morgan fingerprint density at radius 3 is 2.20 bits per heavy atom. The second-order valence-corrected chi connectivity index (χ2v) is 6.81. The van der Waals surface area contributed by atoms with Crippen LogP contribution in [0.3, 0.4) is 0 Å². The summed E-state index contributed by atoms with van der Waals surface area (Å²) in [6.07, 6.45) is 5.32. The van der Waals surface area contributed by atoms with Crippen LogP contribution in [0.2, 0.25) is 0 Å². The Morgan fingerprint density at radius 2 is 1.64 bits per heavy atom. The molecule has 132 valence electrons. The largest absolute Gasteiger partial charge is 0.478 e. The number of aromatic carboxylic acids is 1. The highest BCUT2D eigenvalue weighted by Gasteiger charge is 2.29. The lowest BCUT2D eigenvalue weighted by Gasteiger charge is -2.44. The normalized spacial score (nSPS) is 22.0. The van der Waals surface area contributed by atoms with Gasteiger partial charge in [0.15, 0.2) is 0 Å². The first-order chi connectivity index (χ1) is 12.0. The molecule has 1 saturated heterocycles. The number of carbonyl (C=O) groups is 1. The van der Waals surface area contributed by atoms with Gasteiger partial charge in [-0.05, 0) is 31.5 Å². The first-order valence-electron chi connectivity index (χ1n) is 8.57. The van der Waals surface area contributed by atoms with Crippen LogP contribution in [0, 0.1) is 0 Å². The highest BCUT2D eigenvalue weighted by Crippen LogP contribution is 2.20. The summed E-state index contributed by atoms with van der Waals surface area (Å²) in [5, 5.41) is 8.99. The van der Waals surface area contributed by atoms with E-state index in [1.807, 2.05) is 24.5 Å². The second-order valence-electron chi connectivity index (χ2n) is 6.81. The van der Waals surface area contributed by atoms with Crippen molar-refractivity contribution >= 4 is 5.97 Å². The van der Waals surface area contributed by atoms with Crippen molar-refractivity contribution < 1.29 is 9.90 Å². The molecule has 0 spiro atoms. The third kappa shape index (κ3) is 4.41. The molecule has 25 heavy (non-hydrogen) atoms. The van der Waals surface area contributed by atoms with Crippen molar-refractivity contribution in [3.8, 4) is 0 Å². The van der Waals surface area contributed by atoms with Gasteiger partial charge in [-0.25, -0.2) is 14.8 Å². The van der Waals surface area contributed by atoms with Gasteiger partial charge < -0.3 is 5.11 Å². The van der Waals surface area contributed by atoms with Crippen LogP contribution in [0.15, 0.2) is 43.0 Å². The molecule has 2 aromatic rings. The number of carboxylic acid groups (broad SMARTS) is 1. The highest BCUT2D eigenvalue weighted by atomic mass is 16.4. The number of hydrogen-bond acceptors (Lipinski definition) is 5. The van der Waals surface area contributed by atoms with E-state index in [4.69, 9.17) is 5.11 Å². The van der Waals surface area contributed by atoms with Crippen molar-refractivity contribution in [3.05, 3.63) is 59.7 Å². The van der Waals surface area contributed by atoms with Crippen molar-refractivity contribution in [1.82, 2.24) is 19.8 Å². The second kappa shape index (κ2) is 7.72. The van der Waals surface area contributed by atoms with Gasteiger partial charge in [-0.15, -0.1) is 0 Å². The minimum absolute atomic E-state index is 0.334. The third-order valence-corrected chi connectivity index (χ3v) is 4.76. The van der Waals surface area contributed by atoms with Gasteiger partial charge in [0.2, 0.25) is 0 Å². The summed E-state index contributed by atoms with van der Waals surface area (Å²) in [5.74, 6) is -0.882. The molecule has 6 nitrogen and oxygen atoms in total. The van der Waals surface area contributed by atoms with Gasteiger partial charge in [0, 0.05) is 56.2 Å². The van der Waals surface area contributed by atoms with Crippen molar-refractivity contribution in [2.45, 2.75) is 39.0 Å². The van der Waals surface area contributed by atoms with Crippen LogP contribution in [0.4, 0.5) is 0 Å². The van der Waals surface area contributed by atoms with Crippen molar-refractivity contribution in [2.75, 3.05) is 13.1 Å². The minimum Gasteiger partial charge on any atom is -0.478 e. The average molecular weight is 340 g/mol. The lowest BCUT2D eigenvalue weighted by molar-refractivity contribution is 0.0289. The number of benzene rings is 1. The van der Waals surface area contributed by atoms with E-state index >= 15 is 0 Å². The summed E-state index contributed by atoms with van der Waals surface area (Å²) in [5.41, 5.74) is 2.62. The minimum atomic E-state index is -0.882. The number of piperazine rings is 1. The molecule has 0 saturated carbocycles. The Bertz CT molecular complexity index is 693. The van der Waals surface area contributed by atoms with E-state index in [0.717, 1.165) is 37.3 Å². The molecule has 3 rings (SSSR count). The first kappa shape index (κ1) is 17.5. The van der Waals surface area contributed by atoms with Crippen molar-refractivity contribution in [1.29, 1.82) is 0 Å². The summed E-state index contributed by atoms with van der Waals surface area (Å²) >= 11 is 0.